The normalized spacial score (nSPS) is 21.0. The molecule has 0 amide bonds. The van der Waals surface area contributed by atoms with Crippen LogP contribution < -0.4 is 4.90 Å². The summed E-state index contributed by atoms with van der Waals surface area (Å²) in [6, 6.07) is 4.31. The predicted molar refractivity (Wildman–Crippen MR) is 122 cm³/mol. The van der Waals surface area contributed by atoms with E-state index in [1.165, 1.54) is 28.7 Å². The fraction of sp³-hybridized carbons (Fsp3) is 0.522. The number of piperazine rings is 1. The van der Waals surface area contributed by atoms with Crippen LogP contribution in [0.4, 0.5) is 5.82 Å². The number of aliphatic hydroxyl groups is 1. The number of aliphatic hydroxyl groups excluding tert-OH is 1. The number of thiophene rings is 1. The summed E-state index contributed by atoms with van der Waals surface area (Å²) in [4.78, 5) is 21.8. The van der Waals surface area contributed by atoms with Gasteiger partial charge in [-0.1, -0.05) is 0 Å². The predicted octanol–water partition coefficient (Wildman–Crippen LogP) is 3.52. The molecule has 2 aliphatic rings. The third-order valence-corrected chi connectivity index (χ3v) is 7.41. The summed E-state index contributed by atoms with van der Waals surface area (Å²) in [6.45, 7) is 7.65. The molecule has 0 saturated carbocycles. The van der Waals surface area contributed by atoms with Gasteiger partial charge in [-0.3, -0.25) is 9.88 Å². The lowest BCUT2D eigenvalue weighted by molar-refractivity contribution is 0.114. The van der Waals surface area contributed by atoms with Gasteiger partial charge in [0.15, 0.2) is 5.82 Å². The van der Waals surface area contributed by atoms with Crippen LogP contribution in [0.5, 0.6) is 0 Å². The topological polar surface area (TPSA) is 65.4 Å². The van der Waals surface area contributed by atoms with Crippen LogP contribution in [0.2, 0.25) is 0 Å². The Morgan fingerprint density at radius 2 is 2.10 bits per heavy atom. The first-order valence-corrected chi connectivity index (χ1v) is 11.8. The first-order chi connectivity index (χ1) is 14.6. The highest BCUT2D eigenvalue weighted by molar-refractivity contribution is 7.19. The smallest absolute Gasteiger partial charge is 0.164 e. The van der Waals surface area contributed by atoms with E-state index >= 15 is 0 Å². The molecule has 0 bridgehead atoms. The minimum Gasteiger partial charge on any atom is -0.392 e. The van der Waals surface area contributed by atoms with Gasteiger partial charge < -0.3 is 10.0 Å². The molecule has 3 aromatic rings. The molecule has 3 aromatic heterocycles. The number of aryl methyl sites for hydroxylation is 2. The molecule has 2 unspecified atom stereocenters. The van der Waals surface area contributed by atoms with Crippen LogP contribution in [0.25, 0.3) is 21.6 Å². The van der Waals surface area contributed by atoms with E-state index in [1.54, 1.807) is 6.20 Å². The number of hydrogen-bond acceptors (Lipinski definition) is 7. The number of aromatic nitrogens is 3. The highest BCUT2D eigenvalue weighted by Crippen LogP contribution is 2.41. The van der Waals surface area contributed by atoms with E-state index in [1.807, 2.05) is 36.6 Å². The third-order valence-electron chi connectivity index (χ3n) is 6.22. The molecule has 0 radical (unpaired) electrons. The molecular weight excluding hydrogens is 394 g/mol. The minimum atomic E-state index is -0.296. The van der Waals surface area contributed by atoms with E-state index in [2.05, 4.69) is 21.7 Å². The second kappa shape index (κ2) is 8.21. The van der Waals surface area contributed by atoms with Crippen molar-refractivity contribution in [1.29, 1.82) is 0 Å². The summed E-state index contributed by atoms with van der Waals surface area (Å²) in [5.74, 6) is 1.85. The number of nitrogens with zero attached hydrogens (tertiary/aromatic N) is 5. The molecule has 0 aromatic carbocycles. The molecule has 1 fully saturated rings. The van der Waals surface area contributed by atoms with Gasteiger partial charge in [0.25, 0.3) is 0 Å². The quantitative estimate of drug-likeness (QED) is 0.693. The van der Waals surface area contributed by atoms with Crippen LogP contribution in [-0.4, -0.2) is 63.3 Å². The lowest BCUT2D eigenvalue weighted by Crippen LogP contribution is -2.53. The summed E-state index contributed by atoms with van der Waals surface area (Å²) in [6.07, 6.45) is 8.16. The molecule has 30 heavy (non-hydrogen) atoms. The van der Waals surface area contributed by atoms with E-state index in [-0.39, 0.29) is 6.10 Å². The maximum atomic E-state index is 9.80. The molecular formula is C23H29N5OS. The second-order valence-electron chi connectivity index (χ2n) is 8.65. The number of pyridine rings is 1. The van der Waals surface area contributed by atoms with Crippen molar-refractivity contribution < 1.29 is 5.11 Å². The average molecular weight is 424 g/mol. The van der Waals surface area contributed by atoms with Crippen molar-refractivity contribution >= 4 is 27.4 Å². The van der Waals surface area contributed by atoms with E-state index < -0.39 is 0 Å². The monoisotopic (exact) mass is 423 g/mol. The number of rotatable bonds is 4. The summed E-state index contributed by atoms with van der Waals surface area (Å²) >= 11 is 1.86. The Bertz CT molecular complexity index is 1030. The van der Waals surface area contributed by atoms with E-state index in [0.717, 1.165) is 61.1 Å². The van der Waals surface area contributed by atoms with E-state index in [9.17, 15) is 5.11 Å². The first-order valence-electron chi connectivity index (χ1n) is 11.0. The Balaban J connectivity index is 1.60. The summed E-state index contributed by atoms with van der Waals surface area (Å²) in [5, 5.41) is 11.1. The number of hydrogen-bond donors (Lipinski definition) is 1. The standard InChI is InChI=1S/C23H29N5OS/c1-15-13-27(14-16(2)29)10-11-28(15)22-20-18-7-3-4-8-19(18)30-23(20)26-21(25-22)17-6-5-9-24-12-17/h5-6,9,12,15-16,29H,3-4,7-8,10-11,13-14H2,1-2H3. The maximum absolute atomic E-state index is 9.80. The third kappa shape index (κ3) is 3.70. The molecule has 6 nitrogen and oxygen atoms in total. The summed E-state index contributed by atoms with van der Waals surface area (Å²) in [5.41, 5.74) is 2.44. The van der Waals surface area contributed by atoms with Gasteiger partial charge in [-0.05, 0) is 57.2 Å². The molecule has 0 spiro atoms. The fourth-order valence-corrected chi connectivity index (χ4v) is 6.11. The van der Waals surface area contributed by atoms with Crippen LogP contribution in [0.3, 0.4) is 0 Å². The summed E-state index contributed by atoms with van der Waals surface area (Å²) in [7, 11) is 0. The zero-order valence-electron chi connectivity index (χ0n) is 17.7. The van der Waals surface area contributed by atoms with Crippen molar-refractivity contribution in [1.82, 2.24) is 19.9 Å². The van der Waals surface area contributed by atoms with Crippen molar-refractivity contribution in [2.75, 3.05) is 31.1 Å². The number of anilines is 1. The zero-order valence-corrected chi connectivity index (χ0v) is 18.5. The Morgan fingerprint density at radius 3 is 2.87 bits per heavy atom. The molecule has 2 atom stereocenters. The van der Waals surface area contributed by atoms with Gasteiger partial charge in [-0.25, -0.2) is 9.97 Å². The van der Waals surface area contributed by atoms with Crippen LogP contribution in [-0.2, 0) is 12.8 Å². The molecule has 1 aliphatic heterocycles. The van der Waals surface area contributed by atoms with Crippen molar-refractivity contribution in [3.8, 4) is 11.4 Å². The average Bonchev–Trinajstić information content (AvgIpc) is 3.12. The molecule has 158 valence electrons. The largest absolute Gasteiger partial charge is 0.392 e. The van der Waals surface area contributed by atoms with Crippen molar-refractivity contribution in [2.24, 2.45) is 0 Å². The van der Waals surface area contributed by atoms with Gasteiger partial charge in [0.1, 0.15) is 10.6 Å². The Hall–Kier alpha value is -2.09. The molecule has 5 rings (SSSR count). The Kier molecular flexibility index (Phi) is 5.43. The highest BCUT2D eigenvalue weighted by Gasteiger charge is 2.30. The number of fused-ring (bicyclic) bond motifs is 3. The van der Waals surface area contributed by atoms with Crippen LogP contribution in [0, 0.1) is 0 Å². The second-order valence-corrected chi connectivity index (χ2v) is 9.74. The number of β-amino-alcohol motifs (C(OH)–C–C–N with tert-alkyl or cyclic N) is 1. The van der Waals surface area contributed by atoms with Gasteiger partial charge in [-0.2, -0.15) is 0 Å². The van der Waals surface area contributed by atoms with Crippen molar-refractivity contribution in [2.45, 2.75) is 51.7 Å². The molecule has 1 saturated heterocycles. The zero-order chi connectivity index (χ0) is 20.7. The highest BCUT2D eigenvalue weighted by atomic mass is 32.1. The van der Waals surface area contributed by atoms with E-state index in [4.69, 9.17) is 9.97 Å². The molecule has 7 heteroatoms. The summed E-state index contributed by atoms with van der Waals surface area (Å²) < 4.78 is 0. The maximum Gasteiger partial charge on any atom is 0.164 e. The van der Waals surface area contributed by atoms with E-state index in [0.29, 0.717) is 6.04 Å². The fourth-order valence-electron chi connectivity index (χ4n) is 4.86. The Labute approximate surface area is 181 Å². The van der Waals surface area contributed by atoms with Crippen molar-refractivity contribution in [3.63, 3.8) is 0 Å². The first kappa shape index (κ1) is 19.8. The van der Waals surface area contributed by atoms with Gasteiger partial charge in [0, 0.05) is 55.1 Å². The van der Waals surface area contributed by atoms with Crippen LogP contribution in [0.1, 0.15) is 37.1 Å². The van der Waals surface area contributed by atoms with Crippen molar-refractivity contribution in [3.05, 3.63) is 35.0 Å². The van der Waals surface area contributed by atoms with Gasteiger partial charge in [0.2, 0.25) is 0 Å². The SMILES string of the molecule is CC(O)CN1CCN(c2nc(-c3cccnc3)nc3sc4c(c23)CCCC4)C(C)C1. The molecule has 4 heterocycles. The van der Waals surface area contributed by atoms with Crippen LogP contribution >= 0.6 is 11.3 Å². The van der Waals surface area contributed by atoms with Crippen LogP contribution in [0.15, 0.2) is 24.5 Å². The van der Waals surface area contributed by atoms with Gasteiger partial charge >= 0.3 is 0 Å². The molecule has 1 aliphatic carbocycles. The van der Waals surface area contributed by atoms with Gasteiger partial charge in [0.05, 0.1) is 11.5 Å². The lowest BCUT2D eigenvalue weighted by atomic mass is 9.96. The van der Waals surface area contributed by atoms with Gasteiger partial charge in [-0.15, -0.1) is 11.3 Å². The Morgan fingerprint density at radius 1 is 1.23 bits per heavy atom. The minimum absolute atomic E-state index is 0.296. The molecule has 1 N–H and O–H groups in total. The lowest BCUT2D eigenvalue weighted by Gasteiger charge is -2.41.